The molecule has 5 rings (SSSR count). The fourth-order valence-electron chi connectivity index (χ4n) is 12.1. The maximum Gasteiger partial charge on any atom is 1.00 e. The van der Waals surface area contributed by atoms with Gasteiger partial charge in [-0.3, -0.25) is 62.5 Å². The van der Waals surface area contributed by atoms with Crippen molar-refractivity contribution < 1.29 is 198 Å². The molecule has 3 heterocycles. The molecule has 54 heteroatoms. The number of nitrogens with one attached hydrogen (secondary N) is 4. The first-order chi connectivity index (χ1) is 61.4. The molecular weight excluding hydrogens is 1880 g/mol. The number of carbonyl (C=O) groups excluding carboxylic acids is 10. The first kappa shape index (κ1) is 144. The maximum absolute atomic E-state index is 12.4. The summed E-state index contributed by atoms with van der Waals surface area (Å²) in [5.41, 5.74) is 10.7. The van der Waals surface area contributed by atoms with Crippen LogP contribution < -0.4 is 57.0 Å². The number of rotatable bonds is 49. The van der Waals surface area contributed by atoms with E-state index in [0.717, 1.165) is 122 Å². The van der Waals surface area contributed by atoms with Crippen LogP contribution >= 0.6 is 8.79 Å². The molecule has 0 spiro atoms. The van der Waals surface area contributed by atoms with Crippen LogP contribution in [0.2, 0.25) is 30.2 Å². The van der Waals surface area contributed by atoms with Crippen molar-refractivity contribution in [2.45, 2.75) is 204 Å². The standard InChI is InChI=1S/C18H30N2O6Si.C16H17N2O8S.2C10H23NO4Si.2C6H17NO3Si.2C4H8O2.3CH4O.H4NPSi.Na.H2O/c1-24-27(25-2,26-3)12-4-11-19-18(23)15-7-5-14(6-8-15)13-20-16(21)9-10-17(20)22;19-12-5-6-13(20)17(12)8-9-1-3-10(4-2-9)16(23)26-18-14(21)7-11(15(18)22)27(24)25;2*1-5-7-10(12)11-8-6-9-16(13-2,14-3)15-4;2*1-8-11(9-2,10-3)6-4-5-7;2*1-2-3-4(5)6;3*1-2;1-3-2;;/h9-10,14-15H,4-8,11-13H2,1-3H3,(H,19,23);5-6,9-11H,1-4,7-8H2;2*5-9H2,1-4H3,(H,11,12);2*4-7H2,1-3H3;2*2-3H2,1H3,(H,5,6);3*2H,1H3;1,3H,2H2;;1H2/q;-1;;;;;;;;;;;+1;/p-1. The van der Waals surface area contributed by atoms with Crippen molar-refractivity contribution in [1.29, 1.82) is 5.05 Å². The van der Waals surface area contributed by atoms with Crippen LogP contribution in [0.4, 0.5) is 0 Å². The number of hydrogen-bond acceptors (Lipinski definition) is 38. The Balaban J connectivity index is -0.000000191. The molecular formula is C77H160N9NaO36PSSi6-. The molecule has 9 amide bonds. The number of carboxylic acid groups (broad SMARTS) is 2. The van der Waals surface area contributed by atoms with Gasteiger partial charge in [0.1, 0.15) is 8.98 Å². The van der Waals surface area contributed by atoms with Gasteiger partial charge in [0.05, 0.1) is 5.92 Å². The SMILES string of the molecule is CCCC(=O)NCCC[Si](OC)(OC)OC.CCCC(=O)NCCC[Si](OC)(OC)OC.CCCC(=O)O.CCCC(=O)O.CO.CO.CO.CO[Si](CCCN)(OC)OC.CO[Si](CCCN)(OC)OC.CO[Si](CCCNC(=O)C1CCC(CN2C(=O)C=CC2=O)CC1)(OC)OC.N=[SiH]P.O=C(ON1C(=O)CC([S-](=O)=O)C1=O)C1CCC(CN2C(=O)C=CC2=O)CC1.[Na+].[OH-]. The molecule has 3 fully saturated rings. The summed E-state index contributed by atoms with van der Waals surface area (Å²) in [6, 6.07) is 3.64. The van der Waals surface area contributed by atoms with Crippen LogP contribution in [0.3, 0.4) is 0 Å². The number of aliphatic hydroxyl groups is 3. The van der Waals surface area contributed by atoms with Gasteiger partial charge in [-0.25, -0.2) is 4.79 Å². The van der Waals surface area contributed by atoms with Gasteiger partial charge >= 0.3 is 91.5 Å². The van der Waals surface area contributed by atoms with Crippen molar-refractivity contribution in [3.8, 4) is 0 Å². The summed E-state index contributed by atoms with van der Waals surface area (Å²) in [5.74, 6) is -5.21. The molecule has 0 aromatic rings. The molecule has 2 atom stereocenters. The Kier molecular flexibility index (Phi) is 99.6. The Morgan fingerprint density at radius 1 is 0.443 bits per heavy atom. The zero-order valence-electron chi connectivity index (χ0n) is 81.7. The number of aliphatic hydroxyl groups excluding tert-OH is 3. The second-order valence-electron chi connectivity index (χ2n) is 27.6. The minimum atomic E-state index is -2.76. The molecule has 0 radical (unpaired) electrons. The predicted molar refractivity (Wildman–Crippen MR) is 497 cm³/mol. The second-order valence-corrected chi connectivity index (χ2v) is 45.5. The normalized spacial score (nSPS) is 16.5. The number of amides is 9. The fourth-order valence-corrected chi connectivity index (χ4v) is 21.3. The van der Waals surface area contributed by atoms with Crippen molar-refractivity contribution in [1.82, 2.24) is 30.8 Å². The number of nitrogens with two attached hydrogens (primary N) is 2. The van der Waals surface area contributed by atoms with Gasteiger partial charge in [0.15, 0.2) is 0 Å². The first-order valence-electron chi connectivity index (χ1n) is 42.1. The molecule has 3 aliphatic heterocycles. The van der Waals surface area contributed by atoms with Gasteiger partial charge in [-0.1, -0.05) is 38.4 Å². The van der Waals surface area contributed by atoms with Gasteiger partial charge in [-0.05, 0) is 134 Å². The summed E-state index contributed by atoms with van der Waals surface area (Å²) < 4.78 is 101. The van der Waals surface area contributed by atoms with Gasteiger partial charge < -0.3 is 143 Å². The Morgan fingerprint density at radius 3 is 0.901 bits per heavy atom. The van der Waals surface area contributed by atoms with Crippen LogP contribution in [0.15, 0.2) is 24.3 Å². The molecule has 131 heavy (non-hydrogen) atoms. The zero-order chi connectivity index (χ0) is 101. The molecule has 45 nitrogen and oxygen atoms in total. The van der Waals surface area contributed by atoms with E-state index in [0.29, 0.717) is 109 Å². The number of hydroxylamine groups is 2. The summed E-state index contributed by atoms with van der Waals surface area (Å²) in [5, 5.41) is 50.5. The van der Waals surface area contributed by atoms with Crippen LogP contribution in [0, 0.1) is 28.7 Å². The van der Waals surface area contributed by atoms with Crippen LogP contribution in [-0.4, -0.2) is 349 Å². The van der Waals surface area contributed by atoms with Gasteiger partial charge in [0.2, 0.25) is 17.7 Å². The minimum absolute atomic E-state index is 0. The molecule has 1 saturated heterocycles. The number of carbonyl (C=O) groups is 12. The van der Waals surface area contributed by atoms with E-state index >= 15 is 0 Å². The number of imide groups is 3. The molecule has 2 aliphatic carbocycles. The van der Waals surface area contributed by atoms with Crippen molar-refractivity contribution in [2.24, 2.45) is 35.1 Å². The van der Waals surface area contributed by atoms with Crippen molar-refractivity contribution in [2.75, 3.05) is 174 Å². The number of carboxylic acids is 2. The van der Waals surface area contributed by atoms with E-state index in [1.54, 1.807) is 107 Å². The monoisotopic (exact) mass is 2040 g/mol. The molecule has 2 unspecified atom stereocenters. The van der Waals surface area contributed by atoms with E-state index in [2.05, 4.69) is 24.7 Å². The van der Waals surface area contributed by atoms with E-state index < -0.39 is 102 Å². The van der Waals surface area contributed by atoms with Gasteiger partial charge in [-0.2, -0.15) is 0 Å². The molecule has 766 valence electrons. The molecule has 2 saturated carbocycles. The quantitative estimate of drug-likeness (QED) is 0.0132. The Labute approximate surface area is 809 Å². The van der Waals surface area contributed by atoms with Crippen LogP contribution in [-0.2, 0) is 148 Å². The van der Waals surface area contributed by atoms with Crippen LogP contribution in [0.1, 0.15) is 169 Å². The third kappa shape index (κ3) is 64.2. The molecule has 0 bridgehead atoms. The second kappa shape index (κ2) is 90.5. The van der Waals surface area contributed by atoms with Gasteiger partial charge in [-0.15, -0.1) is 13.9 Å². The van der Waals surface area contributed by atoms with Gasteiger partial charge in [0.25, 0.3) is 35.4 Å². The van der Waals surface area contributed by atoms with Gasteiger partial charge in [0, 0.05) is 258 Å². The first-order valence-corrected chi connectivity index (χ1v) is 56.2. The Bertz CT molecular complexity index is 3020. The van der Waals surface area contributed by atoms with Crippen molar-refractivity contribution >= 4 is 144 Å². The Morgan fingerprint density at radius 2 is 0.687 bits per heavy atom. The fraction of sp³-hybridized carbons (Fsp3) is 0.792. The molecule has 5 aliphatic rings. The van der Waals surface area contributed by atoms with E-state index in [1.807, 2.05) is 27.7 Å². The average Bonchev–Trinajstić information content (AvgIpc) is 1.66. The van der Waals surface area contributed by atoms with E-state index in [4.69, 9.17) is 113 Å². The van der Waals surface area contributed by atoms with Crippen molar-refractivity contribution in [3.05, 3.63) is 24.3 Å². The topological polar surface area (TPSA) is 640 Å². The minimum Gasteiger partial charge on any atom is -0.870 e. The number of nitrogens with zero attached hydrogens (tertiary/aromatic N) is 3. The average molecular weight is 2040 g/mol. The molecule has 14 N–H and O–H groups in total. The predicted octanol–water partition coefficient (Wildman–Crippen LogP) is 0.854. The summed E-state index contributed by atoms with van der Waals surface area (Å²) in [7, 11) is 14.3. The largest absolute Gasteiger partial charge is 1.00 e. The smallest absolute Gasteiger partial charge is 0.870 e. The number of aliphatic carboxylic acids is 2. The number of hydrogen-bond donors (Lipinski definition) is 11. The third-order valence-electron chi connectivity index (χ3n) is 19.4. The van der Waals surface area contributed by atoms with E-state index in [1.165, 1.54) is 29.2 Å². The van der Waals surface area contributed by atoms with E-state index in [-0.39, 0.29) is 115 Å². The zero-order valence-corrected chi connectivity index (χ0v) is 91.9. The summed E-state index contributed by atoms with van der Waals surface area (Å²) in [6.45, 7) is 11.5. The molecule has 0 aromatic heterocycles. The maximum atomic E-state index is 12.4. The summed E-state index contributed by atoms with van der Waals surface area (Å²) in [4.78, 5) is 143. The van der Waals surface area contributed by atoms with Crippen LogP contribution in [0.5, 0.6) is 0 Å². The summed E-state index contributed by atoms with van der Waals surface area (Å²) >= 11 is 0. The Hall–Kier alpha value is -4.64. The third-order valence-corrected chi connectivity index (χ3v) is 34.4. The van der Waals surface area contributed by atoms with Crippen molar-refractivity contribution in [3.63, 3.8) is 0 Å². The molecule has 0 aromatic carbocycles. The summed E-state index contributed by atoms with van der Waals surface area (Å²) in [6.07, 6.45) is 18.8. The van der Waals surface area contributed by atoms with Crippen LogP contribution in [0.25, 0.3) is 0 Å². The van der Waals surface area contributed by atoms with E-state index in [9.17, 15) is 66.0 Å².